The van der Waals surface area contributed by atoms with Gasteiger partial charge in [0.2, 0.25) is 0 Å². The van der Waals surface area contributed by atoms with Crippen molar-refractivity contribution in [2.75, 3.05) is 13.1 Å². The maximum Gasteiger partial charge on any atom is 0.271 e. The summed E-state index contributed by atoms with van der Waals surface area (Å²) in [5.74, 6) is -0.221. The lowest BCUT2D eigenvalue weighted by atomic mass is 10.2. The van der Waals surface area contributed by atoms with E-state index in [1.54, 1.807) is 0 Å². The van der Waals surface area contributed by atoms with Crippen LogP contribution in [-0.2, 0) is 6.54 Å². The van der Waals surface area contributed by atoms with Crippen molar-refractivity contribution in [1.29, 1.82) is 0 Å². The molecule has 1 N–H and O–H groups in total. The summed E-state index contributed by atoms with van der Waals surface area (Å²) < 4.78 is 0. The van der Waals surface area contributed by atoms with Gasteiger partial charge in [-0.15, -0.1) is 0 Å². The Morgan fingerprint density at radius 1 is 1.32 bits per heavy atom. The first kappa shape index (κ1) is 14.9. The van der Waals surface area contributed by atoms with Gasteiger partial charge in [0.25, 0.3) is 5.91 Å². The highest BCUT2D eigenvalue weighted by Gasteiger charge is 2.24. The summed E-state index contributed by atoms with van der Waals surface area (Å²) in [6.07, 6.45) is 3.78. The van der Waals surface area contributed by atoms with E-state index >= 15 is 0 Å². The zero-order chi connectivity index (χ0) is 15.4. The largest absolute Gasteiger partial charge is 0.347 e. The van der Waals surface area contributed by atoms with E-state index in [0.29, 0.717) is 0 Å². The van der Waals surface area contributed by atoms with Gasteiger partial charge < -0.3 is 5.32 Å². The van der Waals surface area contributed by atoms with Gasteiger partial charge in [0.15, 0.2) is 0 Å². The first-order valence-electron chi connectivity index (χ1n) is 7.25. The molecule has 2 aromatic rings. The van der Waals surface area contributed by atoms with Crippen LogP contribution in [0.4, 0.5) is 0 Å². The molecular formula is C16H17ClN4O. The molecular weight excluding hydrogens is 300 g/mol. The van der Waals surface area contributed by atoms with Crippen molar-refractivity contribution in [1.82, 2.24) is 20.2 Å². The summed E-state index contributed by atoms with van der Waals surface area (Å²) in [6.45, 7) is 2.72. The average molecular weight is 317 g/mol. The fourth-order valence-electron chi connectivity index (χ4n) is 2.65. The number of amides is 1. The maximum absolute atomic E-state index is 12.1. The molecule has 5 nitrogen and oxygen atoms in total. The van der Waals surface area contributed by atoms with Crippen LogP contribution in [0.5, 0.6) is 0 Å². The number of rotatable bonds is 4. The van der Waals surface area contributed by atoms with Gasteiger partial charge in [-0.25, -0.2) is 4.98 Å². The third kappa shape index (κ3) is 3.81. The van der Waals surface area contributed by atoms with Gasteiger partial charge in [-0.2, -0.15) is 0 Å². The third-order valence-corrected chi connectivity index (χ3v) is 3.88. The SMILES string of the molecule is O=C(NC1CCN(Cc2ccccc2)C1)c1cncc(Cl)n1. The van der Waals surface area contributed by atoms with Gasteiger partial charge in [-0.1, -0.05) is 41.9 Å². The average Bonchev–Trinajstić information content (AvgIpc) is 2.95. The Hall–Kier alpha value is -1.98. The minimum absolute atomic E-state index is 0.136. The van der Waals surface area contributed by atoms with Crippen LogP contribution in [0.15, 0.2) is 42.7 Å². The minimum Gasteiger partial charge on any atom is -0.347 e. The standard InChI is InChI=1S/C16H17ClN4O/c17-15-9-18-8-14(20-15)16(22)19-13-6-7-21(11-13)10-12-4-2-1-3-5-12/h1-5,8-9,13H,6-7,10-11H2,(H,19,22). The van der Waals surface area contributed by atoms with Gasteiger partial charge in [-0.05, 0) is 12.0 Å². The number of likely N-dealkylation sites (tertiary alicyclic amines) is 1. The Kier molecular flexibility index (Phi) is 4.65. The van der Waals surface area contributed by atoms with E-state index in [0.717, 1.165) is 26.1 Å². The van der Waals surface area contributed by atoms with Crippen LogP contribution in [0, 0.1) is 0 Å². The highest BCUT2D eigenvalue weighted by Crippen LogP contribution is 2.14. The van der Waals surface area contributed by atoms with Gasteiger partial charge in [0.05, 0.1) is 12.4 Å². The molecule has 1 aromatic heterocycles. The Labute approximate surface area is 134 Å². The maximum atomic E-state index is 12.1. The summed E-state index contributed by atoms with van der Waals surface area (Å²) in [5, 5.41) is 3.22. The predicted octanol–water partition coefficient (Wildman–Crippen LogP) is 2.13. The fraction of sp³-hybridized carbons (Fsp3) is 0.312. The van der Waals surface area contributed by atoms with Gasteiger partial charge in [-0.3, -0.25) is 14.7 Å². The van der Waals surface area contributed by atoms with Gasteiger partial charge in [0, 0.05) is 25.7 Å². The molecule has 6 heteroatoms. The molecule has 1 unspecified atom stereocenters. The van der Waals surface area contributed by atoms with E-state index in [4.69, 9.17) is 11.6 Å². The lowest BCUT2D eigenvalue weighted by Crippen LogP contribution is -2.37. The zero-order valence-electron chi connectivity index (χ0n) is 12.1. The van der Waals surface area contributed by atoms with E-state index in [1.807, 2.05) is 18.2 Å². The Balaban J connectivity index is 1.54. The molecule has 0 radical (unpaired) electrons. The van der Waals surface area contributed by atoms with Crippen LogP contribution >= 0.6 is 11.6 Å². The molecule has 0 aliphatic carbocycles. The van der Waals surface area contributed by atoms with Crippen LogP contribution in [0.25, 0.3) is 0 Å². The Bertz CT molecular complexity index is 650. The summed E-state index contributed by atoms with van der Waals surface area (Å²) in [6, 6.07) is 10.5. The summed E-state index contributed by atoms with van der Waals surface area (Å²) in [4.78, 5) is 22.3. The van der Waals surface area contributed by atoms with Crippen molar-refractivity contribution in [2.45, 2.75) is 19.0 Å². The molecule has 2 heterocycles. The van der Waals surface area contributed by atoms with E-state index in [-0.39, 0.29) is 22.8 Å². The zero-order valence-corrected chi connectivity index (χ0v) is 12.8. The molecule has 0 spiro atoms. The summed E-state index contributed by atoms with van der Waals surface area (Å²) >= 11 is 5.76. The highest BCUT2D eigenvalue weighted by atomic mass is 35.5. The molecule has 1 amide bonds. The molecule has 1 atom stereocenters. The van der Waals surface area contributed by atoms with Crippen LogP contribution in [0.3, 0.4) is 0 Å². The second kappa shape index (κ2) is 6.85. The van der Waals surface area contributed by atoms with E-state index < -0.39 is 0 Å². The molecule has 114 valence electrons. The monoisotopic (exact) mass is 316 g/mol. The first-order valence-corrected chi connectivity index (χ1v) is 7.63. The van der Waals surface area contributed by atoms with Crippen molar-refractivity contribution >= 4 is 17.5 Å². The van der Waals surface area contributed by atoms with E-state index in [2.05, 4.69) is 32.3 Å². The number of nitrogens with one attached hydrogen (secondary N) is 1. The molecule has 1 aliphatic heterocycles. The topological polar surface area (TPSA) is 58.1 Å². The van der Waals surface area contributed by atoms with Crippen molar-refractivity contribution < 1.29 is 4.79 Å². The number of carbonyl (C=O) groups excluding carboxylic acids is 1. The quantitative estimate of drug-likeness (QED) is 0.939. The number of hydrogen-bond donors (Lipinski definition) is 1. The highest BCUT2D eigenvalue weighted by molar-refractivity contribution is 6.29. The van der Waals surface area contributed by atoms with Crippen molar-refractivity contribution in [2.24, 2.45) is 0 Å². The van der Waals surface area contributed by atoms with E-state index in [1.165, 1.54) is 18.0 Å². The number of carbonyl (C=O) groups is 1. The summed E-state index contributed by atoms with van der Waals surface area (Å²) in [5.41, 5.74) is 1.55. The molecule has 3 rings (SSSR count). The Morgan fingerprint density at radius 2 is 2.14 bits per heavy atom. The van der Waals surface area contributed by atoms with Gasteiger partial charge in [0.1, 0.15) is 10.8 Å². The second-order valence-electron chi connectivity index (χ2n) is 5.41. The fourth-order valence-corrected chi connectivity index (χ4v) is 2.79. The second-order valence-corrected chi connectivity index (χ2v) is 5.79. The molecule has 0 bridgehead atoms. The van der Waals surface area contributed by atoms with Crippen LogP contribution < -0.4 is 5.32 Å². The normalized spacial score (nSPS) is 18.3. The lowest BCUT2D eigenvalue weighted by Gasteiger charge is -2.16. The molecule has 22 heavy (non-hydrogen) atoms. The molecule has 1 fully saturated rings. The first-order chi connectivity index (χ1) is 10.7. The minimum atomic E-state index is -0.221. The molecule has 0 saturated carbocycles. The molecule has 1 aromatic carbocycles. The van der Waals surface area contributed by atoms with E-state index in [9.17, 15) is 4.79 Å². The number of benzene rings is 1. The molecule has 1 saturated heterocycles. The van der Waals surface area contributed by atoms with Crippen molar-refractivity contribution in [3.05, 3.63) is 59.1 Å². The van der Waals surface area contributed by atoms with Gasteiger partial charge >= 0.3 is 0 Å². The number of halogens is 1. The van der Waals surface area contributed by atoms with Crippen LogP contribution in [0.2, 0.25) is 5.15 Å². The lowest BCUT2D eigenvalue weighted by molar-refractivity contribution is 0.0932. The predicted molar refractivity (Wildman–Crippen MR) is 84.6 cm³/mol. The summed E-state index contributed by atoms with van der Waals surface area (Å²) in [7, 11) is 0. The van der Waals surface area contributed by atoms with Crippen LogP contribution in [0.1, 0.15) is 22.5 Å². The van der Waals surface area contributed by atoms with Crippen molar-refractivity contribution in [3.8, 4) is 0 Å². The number of nitrogens with zero attached hydrogens (tertiary/aromatic N) is 3. The smallest absolute Gasteiger partial charge is 0.271 e. The number of aromatic nitrogens is 2. The Morgan fingerprint density at radius 3 is 2.91 bits per heavy atom. The third-order valence-electron chi connectivity index (χ3n) is 3.69. The van der Waals surface area contributed by atoms with Crippen molar-refractivity contribution in [3.63, 3.8) is 0 Å². The molecule has 1 aliphatic rings. The number of hydrogen-bond acceptors (Lipinski definition) is 4. The van der Waals surface area contributed by atoms with Crippen LogP contribution in [-0.4, -0.2) is 39.9 Å².